The first-order chi connectivity index (χ1) is 9.65. The van der Waals surface area contributed by atoms with E-state index in [-0.39, 0.29) is 6.10 Å². The lowest BCUT2D eigenvalue weighted by Gasteiger charge is -2.41. The van der Waals surface area contributed by atoms with Crippen LogP contribution >= 0.6 is 0 Å². The molecule has 112 valence electrons. The van der Waals surface area contributed by atoms with Gasteiger partial charge in [-0.05, 0) is 39.4 Å². The molecule has 2 unspecified atom stereocenters. The van der Waals surface area contributed by atoms with E-state index in [9.17, 15) is 0 Å². The number of likely N-dealkylation sites (N-methyl/N-ethyl adjacent to an activating group) is 1. The lowest BCUT2D eigenvalue weighted by atomic mass is 9.94. The van der Waals surface area contributed by atoms with E-state index < -0.39 is 0 Å². The summed E-state index contributed by atoms with van der Waals surface area (Å²) in [7, 11) is 2.00. The molecule has 0 amide bonds. The van der Waals surface area contributed by atoms with Crippen molar-refractivity contribution in [3.05, 3.63) is 34.9 Å². The topological polar surface area (TPSA) is 24.5 Å². The standard InChI is InChI=1S/C17H28N2O/c1-5-6-19-7-8-20-16(12-18-4)17(19)15-10-13(2)9-14(3)11-15/h9-11,16-18H,5-8,12H2,1-4H3. The molecule has 0 radical (unpaired) electrons. The highest BCUT2D eigenvalue weighted by Crippen LogP contribution is 2.30. The zero-order valence-electron chi connectivity index (χ0n) is 13.3. The maximum absolute atomic E-state index is 6.04. The van der Waals surface area contributed by atoms with Crippen molar-refractivity contribution in [1.29, 1.82) is 0 Å². The number of benzene rings is 1. The third-order valence-corrected chi connectivity index (χ3v) is 3.96. The molecule has 0 spiro atoms. The molecule has 2 rings (SSSR count). The zero-order chi connectivity index (χ0) is 14.5. The summed E-state index contributed by atoms with van der Waals surface area (Å²) in [5, 5.41) is 3.28. The lowest BCUT2D eigenvalue weighted by Crippen LogP contribution is -2.48. The van der Waals surface area contributed by atoms with Crippen LogP contribution in [-0.2, 0) is 4.74 Å². The quantitative estimate of drug-likeness (QED) is 0.895. The maximum Gasteiger partial charge on any atom is 0.0896 e. The molecule has 1 fully saturated rings. The number of hydrogen-bond acceptors (Lipinski definition) is 3. The smallest absolute Gasteiger partial charge is 0.0896 e. The van der Waals surface area contributed by atoms with Crippen molar-refractivity contribution in [3.8, 4) is 0 Å². The van der Waals surface area contributed by atoms with Crippen molar-refractivity contribution in [2.24, 2.45) is 0 Å². The third-order valence-electron chi connectivity index (χ3n) is 3.96. The van der Waals surface area contributed by atoms with Crippen LogP contribution in [0, 0.1) is 13.8 Å². The number of morpholine rings is 1. The van der Waals surface area contributed by atoms with Gasteiger partial charge in [0.2, 0.25) is 0 Å². The molecule has 1 aliphatic rings. The van der Waals surface area contributed by atoms with E-state index in [1.54, 1.807) is 0 Å². The lowest BCUT2D eigenvalue weighted by molar-refractivity contribution is -0.0704. The van der Waals surface area contributed by atoms with Crippen LogP contribution in [0.15, 0.2) is 18.2 Å². The largest absolute Gasteiger partial charge is 0.374 e. The van der Waals surface area contributed by atoms with E-state index in [2.05, 4.69) is 49.2 Å². The molecule has 3 heteroatoms. The summed E-state index contributed by atoms with van der Waals surface area (Å²) in [6.07, 6.45) is 1.43. The molecule has 0 saturated carbocycles. The second kappa shape index (κ2) is 7.21. The Balaban J connectivity index is 2.32. The van der Waals surface area contributed by atoms with E-state index >= 15 is 0 Å². The van der Waals surface area contributed by atoms with Crippen molar-refractivity contribution in [2.45, 2.75) is 39.3 Å². The highest BCUT2D eigenvalue weighted by Gasteiger charge is 2.32. The molecule has 0 aromatic heterocycles. The molecule has 1 aromatic carbocycles. The van der Waals surface area contributed by atoms with Crippen molar-refractivity contribution in [2.75, 3.05) is 33.3 Å². The van der Waals surface area contributed by atoms with Crippen molar-refractivity contribution < 1.29 is 4.74 Å². The second-order valence-corrected chi connectivity index (χ2v) is 5.87. The Labute approximate surface area is 123 Å². The molecule has 1 saturated heterocycles. The van der Waals surface area contributed by atoms with Crippen LogP contribution in [-0.4, -0.2) is 44.3 Å². The monoisotopic (exact) mass is 276 g/mol. The average molecular weight is 276 g/mol. The highest BCUT2D eigenvalue weighted by atomic mass is 16.5. The van der Waals surface area contributed by atoms with Crippen LogP contribution in [0.1, 0.15) is 36.1 Å². The fourth-order valence-corrected chi connectivity index (χ4v) is 3.30. The minimum absolute atomic E-state index is 0.237. The molecule has 1 aromatic rings. The van der Waals surface area contributed by atoms with Gasteiger partial charge in [-0.1, -0.05) is 36.2 Å². The SMILES string of the molecule is CCCN1CCOC(CNC)C1c1cc(C)cc(C)c1. The number of hydrogen-bond donors (Lipinski definition) is 1. The Kier molecular flexibility index (Phi) is 5.58. The third kappa shape index (κ3) is 3.60. The van der Waals surface area contributed by atoms with Gasteiger partial charge >= 0.3 is 0 Å². The maximum atomic E-state index is 6.04. The number of ether oxygens (including phenoxy) is 1. The van der Waals surface area contributed by atoms with Crippen LogP contribution in [0.5, 0.6) is 0 Å². The fourth-order valence-electron chi connectivity index (χ4n) is 3.30. The predicted molar refractivity (Wildman–Crippen MR) is 84.2 cm³/mol. The van der Waals surface area contributed by atoms with E-state index in [1.165, 1.54) is 23.1 Å². The first-order valence-electron chi connectivity index (χ1n) is 7.74. The summed E-state index contributed by atoms with van der Waals surface area (Å²) in [4.78, 5) is 2.58. The molecule has 0 bridgehead atoms. The van der Waals surface area contributed by atoms with Gasteiger partial charge in [0.05, 0.1) is 18.8 Å². The molecule has 2 atom stereocenters. The molecule has 1 heterocycles. The van der Waals surface area contributed by atoms with Crippen LogP contribution in [0.3, 0.4) is 0 Å². The van der Waals surface area contributed by atoms with Gasteiger partial charge in [0, 0.05) is 13.1 Å². The molecule has 0 aliphatic carbocycles. The first kappa shape index (κ1) is 15.5. The van der Waals surface area contributed by atoms with Gasteiger partial charge < -0.3 is 10.1 Å². The number of nitrogens with zero attached hydrogens (tertiary/aromatic N) is 1. The van der Waals surface area contributed by atoms with Gasteiger partial charge in [0.1, 0.15) is 0 Å². The minimum atomic E-state index is 0.237. The van der Waals surface area contributed by atoms with E-state index in [0.29, 0.717) is 6.04 Å². The van der Waals surface area contributed by atoms with Gasteiger partial charge in [-0.25, -0.2) is 0 Å². The average Bonchev–Trinajstić information content (AvgIpc) is 2.38. The molecule has 3 nitrogen and oxygen atoms in total. The number of nitrogens with one attached hydrogen (secondary N) is 1. The van der Waals surface area contributed by atoms with Crippen LogP contribution in [0.4, 0.5) is 0 Å². The summed E-state index contributed by atoms with van der Waals surface area (Å²) in [6.45, 7) is 10.5. The normalized spacial score (nSPS) is 24.0. The van der Waals surface area contributed by atoms with Crippen LogP contribution < -0.4 is 5.32 Å². The predicted octanol–water partition coefficient (Wildman–Crippen LogP) is 2.67. The van der Waals surface area contributed by atoms with Crippen LogP contribution in [0.25, 0.3) is 0 Å². The minimum Gasteiger partial charge on any atom is -0.374 e. The number of rotatable bonds is 5. The fraction of sp³-hybridized carbons (Fsp3) is 0.647. The zero-order valence-corrected chi connectivity index (χ0v) is 13.3. The summed E-state index contributed by atoms with van der Waals surface area (Å²) in [6, 6.07) is 7.24. The van der Waals surface area contributed by atoms with Gasteiger partial charge in [-0.2, -0.15) is 0 Å². The Bertz CT molecular complexity index is 395. The summed E-state index contributed by atoms with van der Waals surface area (Å²) in [5.41, 5.74) is 4.08. The molecular weight excluding hydrogens is 248 g/mol. The van der Waals surface area contributed by atoms with Gasteiger partial charge in [-0.15, -0.1) is 0 Å². The van der Waals surface area contributed by atoms with Crippen molar-refractivity contribution in [3.63, 3.8) is 0 Å². The van der Waals surface area contributed by atoms with Gasteiger partial charge in [-0.3, -0.25) is 4.90 Å². The van der Waals surface area contributed by atoms with Crippen molar-refractivity contribution >= 4 is 0 Å². The Hall–Kier alpha value is -0.900. The summed E-state index contributed by atoms with van der Waals surface area (Å²) >= 11 is 0. The van der Waals surface area contributed by atoms with E-state index in [4.69, 9.17) is 4.74 Å². The second-order valence-electron chi connectivity index (χ2n) is 5.87. The molecule has 20 heavy (non-hydrogen) atoms. The van der Waals surface area contributed by atoms with Crippen LogP contribution in [0.2, 0.25) is 0 Å². The first-order valence-corrected chi connectivity index (χ1v) is 7.74. The Morgan fingerprint density at radius 3 is 2.55 bits per heavy atom. The molecule has 1 aliphatic heterocycles. The van der Waals surface area contributed by atoms with Gasteiger partial charge in [0.15, 0.2) is 0 Å². The summed E-state index contributed by atoms with van der Waals surface area (Å²) in [5.74, 6) is 0. The van der Waals surface area contributed by atoms with E-state index in [1.807, 2.05) is 7.05 Å². The molecular formula is C17H28N2O. The molecule has 1 N–H and O–H groups in total. The Morgan fingerprint density at radius 1 is 1.25 bits per heavy atom. The Morgan fingerprint density at radius 2 is 1.95 bits per heavy atom. The highest BCUT2D eigenvalue weighted by molar-refractivity contribution is 5.31. The number of aryl methyl sites for hydroxylation is 2. The van der Waals surface area contributed by atoms with Crippen molar-refractivity contribution in [1.82, 2.24) is 10.2 Å². The van der Waals surface area contributed by atoms with E-state index in [0.717, 1.165) is 26.2 Å². The van der Waals surface area contributed by atoms with Gasteiger partial charge in [0.25, 0.3) is 0 Å². The summed E-state index contributed by atoms with van der Waals surface area (Å²) < 4.78 is 6.04.